The minimum Gasteiger partial charge on any atom is -0.443 e. The highest BCUT2D eigenvalue weighted by Crippen LogP contribution is 2.47. The van der Waals surface area contributed by atoms with Crippen molar-refractivity contribution in [1.29, 1.82) is 0 Å². The van der Waals surface area contributed by atoms with Crippen LogP contribution < -0.4 is 22.1 Å². The highest BCUT2D eigenvalue weighted by Gasteiger charge is 2.43. The van der Waals surface area contributed by atoms with E-state index in [2.05, 4.69) is 52.2 Å². The van der Waals surface area contributed by atoms with Crippen LogP contribution >= 0.6 is 0 Å². The lowest BCUT2D eigenvalue weighted by Gasteiger charge is -2.46. The van der Waals surface area contributed by atoms with Crippen molar-refractivity contribution in [3.8, 4) is 0 Å². The average Bonchev–Trinajstić information content (AvgIpc) is 2.90. The molecule has 4 rings (SSSR count). The first-order chi connectivity index (χ1) is 20.9. The second-order valence-electron chi connectivity index (χ2n) is 17.8. The van der Waals surface area contributed by atoms with Gasteiger partial charge in [0, 0.05) is 12.1 Å². The van der Waals surface area contributed by atoms with Crippen molar-refractivity contribution in [1.82, 2.24) is 10.6 Å². The van der Waals surface area contributed by atoms with Crippen LogP contribution in [0.4, 0.5) is 9.59 Å². The Balaban J connectivity index is 1.26. The summed E-state index contributed by atoms with van der Waals surface area (Å²) in [5.74, 6) is 0.571. The summed E-state index contributed by atoms with van der Waals surface area (Å²) in [4.78, 5) is 26.0. The van der Waals surface area contributed by atoms with Crippen LogP contribution in [0.15, 0.2) is 0 Å². The number of ether oxygens (including phenoxy) is 2. The Labute approximate surface area is 271 Å². The topological polar surface area (TPSA) is 169 Å². The summed E-state index contributed by atoms with van der Waals surface area (Å²) in [7, 11) is 0. The maximum absolute atomic E-state index is 13.0. The van der Waals surface area contributed by atoms with E-state index in [0.29, 0.717) is 38.8 Å². The molecule has 0 saturated heterocycles. The van der Waals surface area contributed by atoms with E-state index in [4.69, 9.17) is 20.9 Å². The third-order valence-corrected chi connectivity index (χ3v) is 11.4. The van der Waals surface area contributed by atoms with Gasteiger partial charge in [-0.15, -0.1) is 0 Å². The first kappa shape index (κ1) is 36.2. The minimum absolute atomic E-state index is 0.0103. The van der Waals surface area contributed by atoms with E-state index in [-0.39, 0.29) is 45.6 Å². The molecule has 10 unspecified atom stereocenters. The van der Waals surface area contributed by atoms with E-state index in [9.17, 15) is 19.8 Å². The number of carbonyl (C=O) groups excluding carboxylic acids is 2. The average molecular weight is 637 g/mol. The molecular formula is C35H64N4O6. The Hall–Kier alpha value is -1.62. The summed E-state index contributed by atoms with van der Waals surface area (Å²) >= 11 is 0. The summed E-state index contributed by atoms with van der Waals surface area (Å²) in [6.45, 7) is 14.4. The number of alkyl carbamates (subject to hydrolysis) is 2. The van der Waals surface area contributed by atoms with Gasteiger partial charge in [0.1, 0.15) is 12.2 Å². The van der Waals surface area contributed by atoms with E-state index in [1.807, 2.05) is 0 Å². The Morgan fingerprint density at radius 3 is 1.40 bits per heavy atom. The van der Waals surface area contributed by atoms with Crippen LogP contribution in [0, 0.1) is 33.5 Å². The first-order valence-electron chi connectivity index (χ1n) is 17.6. The van der Waals surface area contributed by atoms with E-state index < -0.39 is 36.6 Å². The molecule has 45 heavy (non-hydrogen) atoms. The van der Waals surface area contributed by atoms with Crippen molar-refractivity contribution in [3.05, 3.63) is 0 Å². The SMILES string of the molecule is CC1(C)CC(NC(=O)OC2CC(CC3CCC(O)C(OC(=O)NC4CC(C)(C)CC(C)(CN)C4)C3)CCC2O)CC(C)(CN)C1. The lowest BCUT2D eigenvalue weighted by molar-refractivity contribution is -0.0542. The molecule has 4 fully saturated rings. The number of amides is 2. The Kier molecular flexibility index (Phi) is 11.5. The standard InChI is InChI=1S/C35H64N4O6/c1-32(2)14-24(16-34(5,18-32)20-36)38-30(42)44-28-12-22(7-9-26(28)40)11-23-8-10-27(41)29(13-23)45-31(43)39-25-15-33(3,4)19-35(6,17-25)21-37/h22-29,40-41H,7-21,36-37H2,1-6H3,(H,38,42)(H,39,43). The molecule has 0 aromatic carbocycles. The third kappa shape index (κ3) is 10.2. The van der Waals surface area contributed by atoms with Gasteiger partial charge in [0.2, 0.25) is 0 Å². The van der Waals surface area contributed by atoms with Crippen LogP contribution in [0.1, 0.15) is 125 Å². The fourth-order valence-corrected chi connectivity index (χ4v) is 10.0. The van der Waals surface area contributed by atoms with Crippen molar-refractivity contribution in [3.63, 3.8) is 0 Å². The van der Waals surface area contributed by atoms with Gasteiger partial charge >= 0.3 is 12.2 Å². The fraction of sp³-hybridized carbons (Fsp3) is 0.943. The Morgan fingerprint density at radius 1 is 0.667 bits per heavy atom. The fourth-order valence-electron chi connectivity index (χ4n) is 10.0. The molecule has 4 aliphatic rings. The van der Waals surface area contributed by atoms with Crippen molar-refractivity contribution >= 4 is 12.2 Å². The lowest BCUT2D eigenvalue weighted by Crippen LogP contribution is -2.50. The zero-order valence-corrected chi connectivity index (χ0v) is 28.9. The molecule has 10 heteroatoms. The smallest absolute Gasteiger partial charge is 0.407 e. The van der Waals surface area contributed by atoms with Gasteiger partial charge in [-0.2, -0.15) is 0 Å². The molecule has 10 atom stereocenters. The molecule has 0 radical (unpaired) electrons. The summed E-state index contributed by atoms with van der Waals surface area (Å²) in [6.07, 6.45) is 7.02. The molecule has 2 amide bonds. The van der Waals surface area contributed by atoms with Gasteiger partial charge in [0.25, 0.3) is 0 Å². The van der Waals surface area contributed by atoms with Crippen LogP contribution in [0.5, 0.6) is 0 Å². The quantitative estimate of drug-likeness (QED) is 0.217. The van der Waals surface area contributed by atoms with E-state index in [1.54, 1.807) is 0 Å². The maximum Gasteiger partial charge on any atom is 0.407 e. The van der Waals surface area contributed by atoms with Gasteiger partial charge in [-0.3, -0.25) is 0 Å². The molecule has 0 heterocycles. The zero-order valence-electron chi connectivity index (χ0n) is 28.9. The third-order valence-electron chi connectivity index (χ3n) is 11.4. The van der Waals surface area contributed by atoms with E-state index >= 15 is 0 Å². The normalized spacial score (nSPS) is 41.5. The second kappa shape index (κ2) is 14.2. The predicted octanol–water partition coefficient (Wildman–Crippen LogP) is 4.98. The van der Waals surface area contributed by atoms with Gasteiger partial charge in [-0.1, -0.05) is 41.5 Å². The minimum atomic E-state index is -0.678. The molecule has 4 aliphatic carbocycles. The van der Waals surface area contributed by atoms with Gasteiger partial charge in [0.15, 0.2) is 0 Å². The molecule has 8 N–H and O–H groups in total. The van der Waals surface area contributed by atoms with Crippen LogP contribution in [-0.4, -0.2) is 72.0 Å². The second-order valence-corrected chi connectivity index (χ2v) is 17.8. The first-order valence-corrected chi connectivity index (χ1v) is 17.6. The van der Waals surface area contributed by atoms with Crippen molar-refractivity contribution in [2.75, 3.05) is 13.1 Å². The number of nitrogens with two attached hydrogens (primary N) is 2. The molecule has 0 aromatic heterocycles. The molecule has 0 aromatic rings. The molecular weight excluding hydrogens is 572 g/mol. The van der Waals surface area contributed by atoms with Crippen LogP contribution in [0.25, 0.3) is 0 Å². The highest BCUT2D eigenvalue weighted by atomic mass is 16.6. The van der Waals surface area contributed by atoms with Gasteiger partial charge in [-0.25, -0.2) is 9.59 Å². The molecule has 260 valence electrons. The van der Waals surface area contributed by atoms with Gasteiger partial charge in [0.05, 0.1) is 12.2 Å². The number of nitrogens with one attached hydrogen (secondary N) is 2. The van der Waals surface area contributed by atoms with E-state index in [0.717, 1.165) is 57.8 Å². The number of aliphatic hydroxyl groups is 2. The Morgan fingerprint density at radius 2 is 1.04 bits per heavy atom. The summed E-state index contributed by atoms with van der Waals surface area (Å²) in [5.41, 5.74) is 12.3. The Bertz CT molecular complexity index is 946. The summed E-state index contributed by atoms with van der Waals surface area (Å²) in [5, 5.41) is 27.6. The largest absolute Gasteiger partial charge is 0.443 e. The number of hydrogen-bond acceptors (Lipinski definition) is 8. The zero-order chi connectivity index (χ0) is 33.2. The van der Waals surface area contributed by atoms with Crippen LogP contribution in [0.2, 0.25) is 0 Å². The van der Waals surface area contributed by atoms with E-state index in [1.165, 1.54) is 0 Å². The van der Waals surface area contributed by atoms with Crippen LogP contribution in [0.3, 0.4) is 0 Å². The number of aliphatic hydroxyl groups excluding tert-OH is 2. The predicted molar refractivity (Wildman–Crippen MR) is 175 cm³/mol. The number of rotatable bonds is 8. The molecule has 4 saturated carbocycles. The molecule has 0 spiro atoms. The summed E-state index contributed by atoms with van der Waals surface area (Å²) < 4.78 is 11.7. The number of carbonyl (C=O) groups is 2. The van der Waals surface area contributed by atoms with Crippen molar-refractivity contribution in [2.24, 2.45) is 45.0 Å². The lowest BCUT2D eigenvalue weighted by atomic mass is 9.62. The van der Waals surface area contributed by atoms with Gasteiger partial charge in [-0.05, 0) is 130 Å². The monoisotopic (exact) mass is 636 g/mol. The summed E-state index contributed by atoms with van der Waals surface area (Å²) in [6, 6.07) is -0.0205. The molecule has 0 aliphatic heterocycles. The van der Waals surface area contributed by atoms with Gasteiger partial charge < -0.3 is 41.8 Å². The van der Waals surface area contributed by atoms with Crippen LogP contribution in [-0.2, 0) is 9.47 Å². The maximum atomic E-state index is 13.0. The van der Waals surface area contributed by atoms with Crippen molar-refractivity contribution < 1.29 is 29.3 Å². The molecule has 10 nitrogen and oxygen atoms in total. The number of hydrogen-bond donors (Lipinski definition) is 6. The highest BCUT2D eigenvalue weighted by molar-refractivity contribution is 5.68. The molecule has 0 bridgehead atoms. The van der Waals surface area contributed by atoms with Crippen molar-refractivity contribution in [2.45, 2.75) is 162 Å².